The van der Waals surface area contributed by atoms with Crippen LogP contribution in [0.15, 0.2) is 42.5 Å². The number of nitrogens with zero attached hydrogens (tertiary/aromatic N) is 1. The fourth-order valence-electron chi connectivity index (χ4n) is 3.22. The second-order valence-electron chi connectivity index (χ2n) is 6.73. The number of hydrogen-bond donors (Lipinski definition) is 2. The predicted octanol–water partition coefficient (Wildman–Crippen LogP) is 1.58. The smallest absolute Gasteiger partial charge is 0.344 e. The molecular formula is C20H19N3O6. The zero-order valence-corrected chi connectivity index (χ0v) is 15.9. The van der Waals surface area contributed by atoms with Gasteiger partial charge >= 0.3 is 6.03 Å². The molecule has 2 aliphatic rings. The molecule has 4 rings (SSSR count). The van der Waals surface area contributed by atoms with Gasteiger partial charge in [-0.1, -0.05) is 12.1 Å². The first-order valence-electron chi connectivity index (χ1n) is 8.94. The number of ether oxygens (including phenoxy) is 3. The van der Waals surface area contributed by atoms with Gasteiger partial charge in [0.1, 0.15) is 24.5 Å². The van der Waals surface area contributed by atoms with E-state index in [4.69, 9.17) is 14.2 Å². The second kappa shape index (κ2) is 7.01. The number of nitrogens with one attached hydrogen (secondary N) is 2. The van der Waals surface area contributed by atoms with Crippen molar-refractivity contribution in [3.8, 4) is 17.2 Å². The molecule has 0 bridgehead atoms. The van der Waals surface area contributed by atoms with Gasteiger partial charge in [0.15, 0.2) is 11.5 Å². The summed E-state index contributed by atoms with van der Waals surface area (Å²) in [7, 11) is 1.51. The first-order chi connectivity index (χ1) is 13.9. The molecule has 150 valence electrons. The Bertz CT molecular complexity index is 1010. The van der Waals surface area contributed by atoms with Crippen molar-refractivity contribution in [2.45, 2.75) is 12.5 Å². The number of urea groups is 1. The topological polar surface area (TPSA) is 106 Å². The van der Waals surface area contributed by atoms with Crippen LogP contribution in [0.1, 0.15) is 22.8 Å². The molecule has 2 N–H and O–H groups in total. The van der Waals surface area contributed by atoms with Gasteiger partial charge in [-0.3, -0.25) is 15.0 Å². The molecule has 1 atom stereocenters. The van der Waals surface area contributed by atoms with Crippen LogP contribution in [-0.2, 0) is 10.3 Å². The van der Waals surface area contributed by atoms with E-state index in [1.54, 1.807) is 37.3 Å². The number of carbonyl (C=O) groups is 3. The molecule has 2 aromatic carbocycles. The van der Waals surface area contributed by atoms with Crippen LogP contribution in [-0.4, -0.2) is 43.2 Å². The average molecular weight is 397 g/mol. The Morgan fingerprint density at radius 1 is 1.14 bits per heavy atom. The van der Waals surface area contributed by atoms with Crippen molar-refractivity contribution in [3.63, 3.8) is 0 Å². The highest BCUT2D eigenvalue weighted by atomic mass is 16.6. The highest BCUT2D eigenvalue weighted by molar-refractivity contribution is 6.09. The highest BCUT2D eigenvalue weighted by Gasteiger charge is 2.50. The number of hydrogen-bond acceptors (Lipinski definition) is 6. The summed E-state index contributed by atoms with van der Waals surface area (Å²) in [6.07, 6.45) is 0. The molecule has 0 aliphatic carbocycles. The maximum atomic E-state index is 13.0. The normalized spacial score (nSPS) is 20.3. The van der Waals surface area contributed by atoms with Crippen LogP contribution in [0.2, 0.25) is 0 Å². The van der Waals surface area contributed by atoms with Crippen molar-refractivity contribution in [1.82, 2.24) is 15.8 Å². The van der Waals surface area contributed by atoms with E-state index in [-0.39, 0.29) is 5.56 Å². The minimum atomic E-state index is -1.34. The number of fused-ring (bicyclic) bond motifs is 1. The first kappa shape index (κ1) is 18.6. The molecule has 0 radical (unpaired) electrons. The number of rotatable bonds is 4. The van der Waals surface area contributed by atoms with Gasteiger partial charge < -0.3 is 19.5 Å². The SMILES string of the molecule is COc1cccc([C@@]2(C)NC(=O)N(NC(=O)c3ccc4c(c3)OCCO4)C2=O)c1. The Kier molecular flexibility index (Phi) is 4.50. The molecular weight excluding hydrogens is 378 g/mol. The van der Waals surface area contributed by atoms with Crippen LogP contribution in [0, 0.1) is 0 Å². The summed E-state index contributed by atoms with van der Waals surface area (Å²) < 4.78 is 16.1. The molecule has 9 heteroatoms. The Labute approximate surface area is 166 Å². The fraction of sp³-hybridized carbons (Fsp3) is 0.250. The van der Waals surface area contributed by atoms with Crippen LogP contribution in [0.25, 0.3) is 0 Å². The Balaban J connectivity index is 1.55. The van der Waals surface area contributed by atoms with E-state index in [1.807, 2.05) is 0 Å². The summed E-state index contributed by atoms with van der Waals surface area (Å²) in [5.74, 6) is 0.280. The van der Waals surface area contributed by atoms with E-state index in [1.165, 1.54) is 19.2 Å². The minimum absolute atomic E-state index is 0.227. The number of benzene rings is 2. The fourth-order valence-corrected chi connectivity index (χ4v) is 3.22. The summed E-state index contributed by atoms with van der Waals surface area (Å²) in [5.41, 5.74) is 1.78. The first-order valence-corrected chi connectivity index (χ1v) is 8.94. The van der Waals surface area contributed by atoms with Crippen molar-refractivity contribution in [3.05, 3.63) is 53.6 Å². The van der Waals surface area contributed by atoms with Gasteiger partial charge in [0.25, 0.3) is 11.8 Å². The van der Waals surface area contributed by atoms with Gasteiger partial charge in [0.05, 0.1) is 7.11 Å². The third-order valence-corrected chi connectivity index (χ3v) is 4.86. The van der Waals surface area contributed by atoms with Crippen LogP contribution in [0.3, 0.4) is 0 Å². The molecule has 2 aromatic rings. The largest absolute Gasteiger partial charge is 0.497 e. The lowest BCUT2D eigenvalue weighted by atomic mass is 9.92. The molecule has 29 heavy (non-hydrogen) atoms. The molecule has 2 heterocycles. The van der Waals surface area contributed by atoms with Crippen molar-refractivity contribution in [2.24, 2.45) is 0 Å². The summed E-state index contributed by atoms with van der Waals surface area (Å²) in [5, 5.41) is 3.31. The quantitative estimate of drug-likeness (QED) is 0.759. The van der Waals surface area contributed by atoms with Crippen LogP contribution >= 0.6 is 0 Å². The van der Waals surface area contributed by atoms with Gasteiger partial charge in [0.2, 0.25) is 0 Å². The Hall–Kier alpha value is -3.75. The van der Waals surface area contributed by atoms with E-state index >= 15 is 0 Å². The molecule has 0 aromatic heterocycles. The van der Waals surface area contributed by atoms with Crippen molar-refractivity contribution in [1.29, 1.82) is 0 Å². The van der Waals surface area contributed by atoms with Crippen LogP contribution < -0.4 is 25.0 Å². The molecule has 0 saturated carbocycles. The third-order valence-electron chi connectivity index (χ3n) is 4.86. The Morgan fingerprint density at radius 3 is 2.66 bits per heavy atom. The monoisotopic (exact) mass is 397 g/mol. The summed E-state index contributed by atoms with van der Waals surface area (Å²) >= 11 is 0. The van der Waals surface area contributed by atoms with E-state index < -0.39 is 23.4 Å². The minimum Gasteiger partial charge on any atom is -0.497 e. The third kappa shape index (κ3) is 3.20. The zero-order valence-electron chi connectivity index (χ0n) is 15.9. The summed E-state index contributed by atoms with van der Waals surface area (Å²) in [6, 6.07) is 10.7. The van der Waals surface area contributed by atoms with Crippen molar-refractivity contribution in [2.75, 3.05) is 20.3 Å². The molecule has 4 amide bonds. The van der Waals surface area contributed by atoms with Gasteiger partial charge in [-0.25, -0.2) is 4.79 Å². The maximum Gasteiger partial charge on any atom is 0.344 e. The molecule has 0 unspecified atom stereocenters. The molecule has 2 aliphatic heterocycles. The van der Waals surface area contributed by atoms with E-state index in [2.05, 4.69) is 10.7 Å². The van der Waals surface area contributed by atoms with Crippen LogP contribution in [0.4, 0.5) is 4.79 Å². The standard InChI is InChI=1S/C20H19N3O6/c1-20(13-4-3-5-14(11-13)27-2)18(25)23(19(26)21-20)22-17(24)12-6-7-15-16(10-12)29-9-8-28-15/h3-7,10-11H,8-9H2,1-2H3,(H,21,26)(H,22,24)/t20-/m1/s1. The molecule has 9 nitrogen and oxygen atoms in total. The number of hydrazine groups is 1. The Morgan fingerprint density at radius 2 is 1.90 bits per heavy atom. The van der Waals surface area contributed by atoms with E-state index in [0.717, 1.165) is 0 Å². The van der Waals surface area contributed by atoms with Gasteiger partial charge in [0, 0.05) is 5.56 Å². The summed E-state index contributed by atoms with van der Waals surface area (Å²) in [6.45, 7) is 2.38. The van der Waals surface area contributed by atoms with Gasteiger partial charge in [-0.05, 0) is 42.8 Å². The van der Waals surface area contributed by atoms with Gasteiger partial charge in [-0.15, -0.1) is 0 Å². The summed E-state index contributed by atoms with van der Waals surface area (Å²) in [4.78, 5) is 38.0. The molecule has 1 saturated heterocycles. The number of amides is 4. The maximum absolute atomic E-state index is 13.0. The number of methoxy groups -OCH3 is 1. The average Bonchev–Trinajstić information content (AvgIpc) is 2.97. The lowest BCUT2D eigenvalue weighted by Crippen LogP contribution is -2.47. The van der Waals surface area contributed by atoms with Crippen molar-refractivity contribution >= 4 is 17.8 Å². The lowest BCUT2D eigenvalue weighted by Gasteiger charge is -2.23. The van der Waals surface area contributed by atoms with Gasteiger partial charge in [-0.2, -0.15) is 5.01 Å². The predicted molar refractivity (Wildman–Crippen MR) is 101 cm³/mol. The van der Waals surface area contributed by atoms with E-state index in [9.17, 15) is 14.4 Å². The lowest BCUT2D eigenvalue weighted by molar-refractivity contribution is -0.132. The van der Waals surface area contributed by atoms with Crippen LogP contribution in [0.5, 0.6) is 17.2 Å². The number of imide groups is 1. The van der Waals surface area contributed by atoms with E-state index in [0.29, 0.717) is 41.0 Å². The zero-order chi connectivity index (χ0) is 20.6. The second-order valence-corrected chi connectivity index (χ2v) is 6.73. The molecule has 1 fully saturated rings. The van der Waals surface area contributed by atoms with Crippen molar-refractivity contribution < 1.29 is 28.6 Å². The number of carbonyl (C=O) groups excluding carboxylic acids is 3. The molecule has 0 spiro atoms. The highest BCUT2D eigenvalue weighted by Crippen LogP contribution is 2.32.